The highest BCUT2D eigenvalue weighted by Gasteiger charge is 2.66. The predicted octanol–water partition coefficient (Wildman–Crippen LogP) is 8.11. The minimum Gasteiger partial charge on any atom is -0.436 e. The first-order valence-electron chi connectivity index (χ1n) is 19.1. The molecular weight excluding hydrogens is 767 g/mol. The quantitative estimate of drug-likeness (QED) is 0.0564. The van der Waals surface area contributed by atoms with Crippen LogP contribution >= 0.6 is 0 Å². The Balaban J connectivity index is 1.39. The lowest BCUT2D eigenvalue weighted by Crippen LogP contribution is -2.73. The van der Waals surface area contributed by atoms with E-state index in [2.05, 4.69) is 101 Å². The van der Waals surface area contributed by atoms with Crippen LogP contribution in [0.4, 0.5) is 17.1 Å². The maximum Gasteiger partial charge on any atom is 0.321 e. The Hall–Kier alpha value is -2.62. The zero-order valence-corrected chi connectivity index (χ0v) is 39.3. The van der Waals surface area contributed by atoms with Crippen molar-refractivity contribution in [1.29, 1.82) is 0 Å². The number of hydrogen-bond acceptors (Lipinski definition) is 10. The molecule has 1 aliphatic rings. The molecule has 0 spiro atoms. The van der Waals surface area contributed by atoms with E-state index in [1.165, 1.54) is 0 Å². The lowest BCUT2D eigenvalue weighted by molar-refractivity contribution is 0.322. The summed E-state index contributed by atoms with van der Waals surface area (Å²) in [5.74, 6) is 0. The monoisotopic (exact) mass is 831 g/mol. The lowest BCUT2D eigenvalue weighted by Gasteiger charge is -2.60. The molecule has 12 nitrogen and oxygen atoms in total. The largest absolute Gasteiger partial charge is 0.436 e. The molecular formula is C37H65N7O5SSi4. The van der Waals surface area contributed by atoms with Crippen LogP contribution in [0.5, 0.6) is 0 Å². The van der Waals surface area contributed by atoms with Gasteiger partial charge < -0.3 is 28.8 Å². The van der Waals surface area contributed by atoms with Crippen LogP contribution in [-0.4, -0.2) is 75.8 Å². The number of sulfonamides is 1. The van der Waals surface area contributed by atoms with Crippen LogP contribution in [0.1, 0.15) is 60.6 Å². The molecule has 1 aromatic heterocycles. The average Bonchev–Trinajstić information content (AvgIpc) is 3.56. The number of hydrazine groups is 1. The molecule has 2 aromatic carbocycles. The van der Waals surface area contributed by atoms with Gasteiger partial charge in [0.05, 0.1) is 28.5 Å². The molecule has 4 N–H and O–H groups in total. The standard InChI is InChI=1S/C37H65N7O5SSi4/c1-28(2)27-54(48-52(12,30(5)6)32(8)53(13,49-54)31(7)51(11,47)29(3)4)24-14-23-44-26-35(41-42-44)25-38-50(45,46)37-21-17-34(18-22-37)40-39-33-15-19-36(20-16-33)43(9)10/h15-22,26,29-32,38-40,47H,1,14,23-25,27H2,2-13H3. The topological polar surface area (TPSA) is 143 Å². The van der Waals surface area contributed by atoms with Gasteiger partial charge in [0.1, 0.15) is 0 Å². The van der Waals surface area contributed by atoms with Crippen molar-refractivity contribution in [3.05, 3.63) is 72.6 Å². The van der Waals surface area contributed by atoms with Crippen molar-refractivity contribution in [1.82, 2.24) is 19.7 Å². The lowest BCUT2D eigenvalue weighted by atomic mass is 10.3. The molecule has 1 saturated heterocycles. The number of aromatic nitrogens is 3. The van der Waals surface area contributed by atoms with E-state index < -0.39 is 43.5 Å². The van der Waals surface area contributed by atoms with Crippen molar-refractivity contribution in [2.75, 3.05) is 29.8 Å². The number of nitrogens with one attached hydrogen (secondary N) is 3. The van der Waals surface area contributed by atoms with Gasteiger partial charge in [-0.25, -0.2) is 13.1 Å². The van der Waals surface area contributed by atoms with E-state index in [1.54, 1.807) is 35.1 Å². The molecule has 300 valence electrons. The molecule has 0 bridgehead atoms. The fourth-order valence-electron chi connectivity index (χ4n) is 7.45. The van der Waals surface area contributed by atoms with Crippen LogP contribution in [-0.2, 0) is 31.3 Å². The summed E-state index contributed by atoms with van der Waals surface area (Å²) in [6, 6.07) is 16.0. The Labute approximate surface area is 328 Å². The van der Waals surface area contributed by atoms with Crippen LogP contribution in [0.3, 0.4) is 0 Å². The summed E-state index contributed by atoms with van der Waals surface area (Å²) in [5, 5.41) is 9.06. The summed E-state index contributed by atoms with van der Waals surface area (Å²) >= 11 is 0. The van der Waals surface area contributed by atoms with E-state index >= 15 is 0 Å². The van der Waals surface area contributed by atoms with E-state index in [1.807, 2.05) is 43.3 Å². The summed E-state index contributed by atoms with van der Waals surface area (Å²) in [6.07, 6.45) is 2.57. The van der Waals surface area contributed by atoms with Gasteiger partial charge in [-0.15, -0.1) is 11.7 Å². The fraction of sp³-hybridized carbons (Fsp3) is 0.568. The van der Waals surface area contributed by atoms with Gasteiger partial charge in [-0.2, -0.15) is 0 Å². The molecule has 54 heavy (non-hydrogen) atoms. The number of hydrogen-bond donors (Lipinski definition) is 4. The summed E-state index contributed by atoms with van der Waals surface area (Å²) in [4.78, 5) is 14.1. The first-order valence-corrected chi connectivity index (χ1v) is 30.5. The summed E-state index contributed by atoms with van der Waals surface area (Å²) in [7, 11) is -9.95. The number of rotatable bonds is 18. The van der Waals surface area contributed by atoms with Crippen LogP contribution in [0.2, 0.25) is 53.1 Å². The van der Waals surface area contributed by atoms with E-state index in [0.717, 1.165) is 41.1 Å². The highest BCUT2D eigenvalue weighted by atomic mass is 32.2. The maximum absolute atomic E-state index is 13.1. The SMILES string of the molecule is C=C(C)C[Si]1(CCCn2cc(CNS(=O)(=O)c3ccc(NNc4ccc(N(C)C)cc4)cc3)nn2)O[Si](C)(C(C)C)C(C)[Si](C)(C(C)[Si](C)(O)C(C)C)O1. The number of anilines is 3. The summed E-state index contributed by atoms with van der Waals surface area (Å²) in [6.45, 7) is 27.4. The van der Waals surface area contributed by atoms with Gasteiger partial charge in [-0.1, -0.05) is 52.3 Å². The van der Waals surface area contributed by atoms with Gasteiger partial charge >= 0.3 is 8.56 Å². The van der Waals surface area contributed by atoms with Crippen molar-refractivity contribution < 1.29 is 21.4 Å². The van der Waals surface area contributed by atoms with Gasteiger partial charge in [0.25, 0.3) is 0 Å². The Morgan fingerprint density at radius 1 is 1.00 bits per heavy atom. The second kappa shape index (κ2) is 17.3. The highest BCUT2D eigenvalue weighted by Crippen LogP contribution is 2.55. The second-order valence-electron chi connectivity index (χ2n) is 16.7. The number of aryl methyl sites for hydroxylation is 1. The first kappa shape index (κ1) is 44.1. The Morgan fingerprint density at radius 3 is 2.07 bits per heavy atom. The molecule has 0 saturated carbocycles. The van der Waals surface area contributed by atoms with Crippen molar-refractivity contribution in [3.8, 4) is 0 Å². The van der Waals surface area contributed by atoms with Crippen LogP contribution in [0, 0.1) is 0 Å². The van der Waals surface area contributed by atoms with Gasteiger partial charge in [-0.05, 0) is 109 Å². The van der Waals surface area contributed by atoms with E-state index in [0.29, 0.717) is 22.9 Å². The smallest absolute Gasteiger partial charge is 0.321 e. The van der Waals surface area contributed by atoms with E-state index in [-0.39, 0.29) is 22.1 Å². The molecule has 2 heterocycles. The van der Waals surface area contributed by atoms with Crippen molar-refractivity contribution in [2.24, 2.45) is 0 Å². The molecule has 3 aromatic rings. The third-order valence-electron chi connectivity index (χ3n) is 12.0. The molecule has 4 rings (SSSR count). The summed E-state index contributed by atoms with van der Waals surface area (Å²) in [5.41, 5.74) is 11.2. The molecule has 1 aliphatic heterocycles. The molecule has 6 atom stereocenters. The summed E-state index contributed by atoms with van der Waals surface area (Å²) < 4.78 is 45.6. The van der Waals surface area contributed by atoms with Gasteiger partial charge in [0.2, 0.25) is 10.0 Å². The zero-order valence-electron chi connectivity index (χ0n) is 34.5. The van der Waals surface area contributed by atoms with Crippen LogP contribution < -0.4 is 20.5 Å². The Bertz CT molecular complexity index is 1820. The number of nitrogens with zero attached hydrogens (tertiary/aromatic N) is 4. The minimum absolute atomic E-state index is 0.0190. The number of allylic oxidation sites excluding steroid dienone is 1. The second-order valence-corrected chi connectivity index (χ2v) is 36.9. The zero-order chi connectivity index (χ0) is 40.3. The van der Waals surface area contributed by atoms with Gasteiger partial charge in [0, 0.05) is 38.6 Å². The maximum atomic E-state index is 13.1. The fourth-order valence-corrected chi connectivity index (χ4v) is 39.2. The molecule has 0 aliphatic carbocycles. The molecule has 6 unspecified atom stereocenters. The number of benzene rings is 2. The molecule has 0 amide bonds. The Kier molecular flexibility index (Phi) is 14.1. The van der Waals surface area contributed by atoms with Crippen molar-refractivity contribution >= 4 is 60.6 Å². The van der Waals surface area contributed by atoms with Crippen molar-refractivity contribution in [2.45, 2.75) is 126 Å². The average molecular weight is 832 g/mol. The molecule has 0 radical (unpaired) electrons. The highest BCUT2D eigenvalue weighted by molar-refractivity contribution is 7.89. The third kappa shape index (κ3) is 10.0. The Morgan fingerprint density at radius 2 is 1.56 bits per heavy atom. The first-order chi connectivity index (χ1) is 25.0. The van der Waals surface area contributed by atoms with E-state index in [4.69, 9.17) is 8.23 Å². The van der Waals surface area contributed by atoms with Crippen molar-refractivity contribution in [3.63, 3.8) is 0 Å². The molecule has 17 heteroatoms. The normalized spacial score (nSPS) is 25.0. The van der Waals surface area contributed by atoms with Crippen LogP contribution in [0.25, 0.3) is 0 Å². The van der Waals surface area contributed by atoms with Gasteiger partial charge in [0.15, 0.2) is 25.0 Å². The third-order valence-corrected chi connectivity index (χ3v) is 40.7. The van der Waals surface area contributed by atoms with Crippen LogP contribution in [0.15, 0.2) is 71.8 Å². The van der Waals surface area contributed by atoms with E-state index in [9.17, 15) is 13.2 Å². The minimum atomic E-state index is -3.78. The molecule has 1 fully saturated rings. The van der Waals surface area contributed by atoms with Gasteiger partial charge in [-0.3, -0.25) is 4.68 Å². The predicted molar refractivity (Wildman–Crippen MR) is 232 cm³/mol.